The number of amides is 1. The molecule has 0 rings (SSSR count). The van der Waals surface area contributed by atoms with Gasteiger partial charge in [-0.05, 0) is 83.5 Å². The number of aliphatic hydroxyl groups excluding tert-OH is 2. The van der Waals surface area contributed by atoms with Gasteiger partial charge in [-0.3, -0.25) is 9.59 Å². The Kier molecular flexibility index (Phi) is 53.1. The second-order valence-electron chi connectivity index (χ2n) is 19.6. The average Bonchev–Trinajstić information content (AvgIpc) is 3.31. The number of ether oxygens (including phenoxy) is 1. The van der Waals surface area contributed by atoms with Crippen molar-refractivity contribution in [2.45, 2.75) is 315 Å². The van der Waals surface area contributed by atoms with E-state index in [0.29, 0.717) is 19.4 Å². The standard InChI is InChI=1S/C59H111NO5/c1-3-5-7-9-11-13-15-16-17-23-27-30-33-37-41-45-49-53-59(64)65-54-50-46-42-38-34-31-28-25-22-20-18-19-21-24-26-29-32-36-40-44-48-52-58(63)60-56(55-61)57(62)51-47-43-39-35-14-12-10-8-6-4-2/h16-17,19,21,47,51,56-57,61-62H,3-15,18,20,22-46,48-50,52-55H2,1-2H3,(H,60,63)/b17-16-,21-19-,51-47+. The molecule has 0 aliphatic carbocycles. The highest BCUT2D eigenvalue weighted by molar-refractivity contribution is 5.76. The van der Waals surface area contributed by atoms with Crippen LogP contribution in [0.15, 0.2) is 36.5 Å². The minimum Gasteiger partial charge on any atom is -0.466 e. The van der Waals surface area contributed by atoms with Gasteiger partial charge in [0.25, 0.3) is 0 Å². The fourth-order valence-electron chi connectivity index (χ4n) is 8.68. The number of unbranched alkanes of at least 4 members (excludes halogenated alkanes) is 38. The molecule has 6 heteroatoms. The van der Waals surface area contributed by atoms with Crippen molar-refractivity contribution in [3.63, 3.8) is 0 Å². The second kappa shape index (κ2) is 54.7. The van der Waals surface area contributed by atoms with Gasteiger partial charge in [0.15, 0.2) is 0 Å². The van der Waals surface area contributed by atoms with Crippen LogP contribution in [-0.4, -0.2) is 47.4 Å². The number of hydrogen-bond donors (Lipinski definition) is 3. The molecule has 0 aromatic carbocycles. The zero-order valence-corrected chi connectivity index (χ0v) is 43.5. The molecule has 0 radical (unpaired) electrons. The number of esters is 1. The summed E-state index contributed by atoms with van der Waals surface area (Å²) in [6, 6.07) is -0.632. The summed E-state index contributed by atoms with van der Waals surface area (Å²) in [6.07, 6.45) is 67.4. The molecule has 0 aliphatic heterocycles. The minimum atomic E-state index is -0.847. The van der Waals surface area contributed by atoms with Crippen molar-refractivity contribution < 1.29 is 24.5 Å². The van der Waals surface area contributed by atoms with Crippen LogP contribution in [0.3, 0.4) is 0 Å². The number of carbonyl (C=O) groups is 2. The van der Waals surface area contributed by atoms with Crippen LogP contribution in [0.4, 0.5) is 0 Å². The van der Waals surface area contributed by atoms with Crippen molar-refractivity contribution in [1.29, 1.82) is 0 Å². The molecular weight excluding hydrogens is 803 g/mol. The Morgan fingerprint density at radius 2 is 0.723 bits per heavy atom. The van der Waals surface area contributed by atoms with Gasteiger partial charge in [0.05, 0.1) is 25.4 Å². The Bertz CT molecular complexity index is 1060. The lowest BCUT2D eigenvalue weighted by Crippen LogP contribution is -2.45. The zero-order chi connectivity index (χ0) is 47.2. The first-order chi connectivity index (χ1) is 32.0. The van der Waals surface area contributed by atoms with E-state index in [0.717, 1.165) is 51.4 Å². The maximum Gasteiger partial charge on any atom is 0.305 e. The second-order valence-corrected chi connectivity index (χ2v) is 19.6. The van der Waals surface area contributed by atoms with E-state index in [2.05, 4.69) is 43.5 Å². The number of rotatable bonds is 53. The number of hydrogen-bond acceptors (Lipinski definition) is 5. The summed E-state index contributed by atoms with van der Waals surface area (Å²) in [5.74, 6) is -0.0742. The van der Waals surface area contributed by atoms with Gasteiger partial charge in [-0.1, -0.05) is 243 Å². The summed E-state index contributed by atoms with van der Waals surface area (Å²) in [4.78, 5) is 24.5. The first-order valence-corrected chi connectivity index (χ1v) is 28.8. The normalized spacial score (nSPS) is 12.9. The quantitative estimate of drug-likeness (QED) is 0.0321. The van der Waals surface area contributed by atoms with Crippen LogP contribution >= 0.6 is 0 Å². The van der Waals surface area contributed by atoms with Crippen LogP contribution in [-0.2, 0) is 14.3 Å². The van der Waals surface area contributed by atoms with E-state index in [1.165, 1.54) is 225 Å². The van der Waals surface area contributed by atoms with Gasteiger partial charge in [0.1, 0.15) is 0 Å². The number of nitrogens with one attached hydrogen (secondary N) is 1. The Morgan fingerprint density at radius 3 is 1.09 bits per heavy atom. The molecule has 3 N–H and O–H groups in total. The van der Waals surface area contributed by atoms with Crippen molar-refractivity contribution in [1.82, 2.24) is 5.32 Å². The van der Waals surface area contributed by atoms with E-state index >= 15 is 0 Å². The molecule has 2 atom stereocenters. The third-order valence-corrected chi connectivity index (χ3v) is 13.1. The highest BCUT2D eigenvalue weighted by Gasteiger charge is 2.18. The van der Waals surface area contributed by atoms with Gasteiger partial charge < -0.3 is 20.3 Å². The molecule has 0 saturated heterocycles. The van der Waals surface area contributed by atoms with E-state index in [4.69, 9.17) is 4.74 Å². The molecule has 0 bridgehead atoms. The third kappa shape index (κ3) is 51.3. The van der Waals surface area contributed by atoms with Crippen molar-refractivity contribution >= 4 is 11.9 Å². The maximum atomic E-state index is 12.4. The van der Waals surface area contributed by atoms with Crippen LogP contribution < -0.4 is 5.32 Å². The molecule has 65 heavy (non-hydrogen) atoms. The molecule has 1 amide bonds. The third-order valence-electron chi connectivity index (χ3n) is 13.1. The van der Waals surface area contributed by atoms with E-state index in [9.17, 15) is 19.8 Å². The number of allylic oxidation sites excluding steroid dienone is 5. The first-order valence-electron chi connectivity index (χ1n) is 28.8. The summed E-state index contributed by atoms with van der Waals surface area (Å²) < 4.78 is 5.48. The lowest BCUT2D eigenvalue weighted by Gasteiger charge is -2.20. The van der Waals surface area contributed by atoms with Crippen LogP contribution in [0.5, 0.6) is 0 Å². The summed E-state index contributed by atoms with van der Waals surface area (Å²) >= 11 is 0. The summed E-state index contributed by atoms with van der Waals surface area (Å²) in [6.45, 7) is 4.87. The minimum absolute atomic E-state index is 0.00381. The SMILES string of the molecule is CCCCCCCC/C=C\CCCCCCCCCC(=O)OCCCCCCCCCCCC/C=C\CCCCCCCCCC(=O)NC(CO)C(O)/C=C/CCCCCCCCCC. The smallest absolute Gasteiger partial charge is 0.305 e. The van der Waals surface area contributed by atoms with Crippen molar-refractivity contribution in [3.05, 3.63) is 36.5 Å². The summed E-state index contributed by atoms with van der Waals surface area (Å²) in [7, 11) is 0. The molecule has 0 aliphatic rings. The predicted molar refractivity (Wildman–Crippen MR) is 283 cm³/mol. The average molecular weight is 915 g/mol. The number of carbonyl (C=O) groups excluding carboxylic acids is 2. The topological polar surface area (TPSA) is 95.9 Å². The zero-order valence-electron chi connectivity index (χ0n) is 43.5. The van der Waals surface area contributed by atoms with E-state index < -0.39 is 12.1 Å². The highest BCUT2D eigenvalue weighted by atomic mass is 16.5. The Morgan fingerprint density at radius 1 is 0.415 bits per heavy atom. The molecule has 0 fully saturated rings. The van der Waals surface area contributed by atoms with Crippen molar-refractivity contribution in [3.8, 4) is 0 Å². The molecule has 0 saturated carbocycles. The van der Waals surface area contributed by atoms with Crippen molar-refractivity contribution in [2.24, 2.45) is 0 Å². The molecular formula is C59H111NO5. The van der Waals surface area contributed by atoms with E-state index in [1.54, 1.807) is 6.08 Å². The van der Waals surface area contributed by atoms with Crippen LogP contribution in [0.2, 0.25) is 0 Å². The molecule has 0 heterocycles. The van der Waals surface area contributed by atoms with Gasteiger partial charge in [-0.25, -0.2) is 0 Å². The fourth-order valence-corrected chi connectivity index (χ4v) is 8.68. The van der Waals surface area contributed by atoms with Crippen LogP contribution in [0.25, 0.3) is 0 Å². The lowest BCUT2D eigenvalue weighted by atomic mass is 10.0. The largest absolute Gasteiger partial charge is 0.466 e. The monoisotopic (exact) mass is 914 g/mol. The summed E-state index contributed by atoms with van der Waals surface area (Å²) in [5.41, 5.74) is 0. The van der Waals surface area contributed by atoms with Gasteiger partial charge in [-0.2, -0.15) is 0 Å². The van der Waals surface area contributed by atoms with Crippen LogP contribution in [0, 0.1) is 0 Å². The Labute approximate surface area is 404 Å². The molecule has 0 aromatic heterocycles. The highest BCUT2D eigenvalue weighted by Crippen LogP contribution is 2.16. The predicted octanol–water partition coefficient (Wildman–Crippen LogP) is 17.6. The van der Waals surface area contributed by atoms with E-state index in [1.807, 2.05) is 6.08 Å². The van der Waals surface area contributed by atoms with Gasteiger partial charge in [0, 0.05) is 12.8 Å². The van der Waals surface area contributed by atoms with Gasteiger partial charge >= 0.3 is 5.97 Å². The molecule has 0 aromatic rings. The van der Waals surface area contributed by atoms with Gasteiger partial charge in [-0.15, -0.1) is 0 Å². The Hall–Kier alpha value is -1.92. The van der Waals surface area contributed by atoms with Crippen LogP contribution in [0.1, 0.15) is 303 Å². The lowest BCUT2D eigenvalue weighted by molar-refractivity contribution is -0.143. The molecule has 0 spiro atoms. The molecule has 382 valence electrons. The molecule has 2 unspecified atom stereocenters. The van der Waals surface area contributed by atoms with Gasteiger partial charge in [0.2, 0.25) is 5.91 Å². The first kappa shape index (κ1) is 63.1. The fraction of sp³-hybridized carbons (Fsp3) is 0.864. The summed E-state index contributed by atoms with van der Waals surface area (Å²) in [5, 5.41) is 23.0. The number of aliphatic hydroxyl groups is 2. The van der Waals surface area contributed by atoms with Crippen molar-refractivity contribution in [2.75, 3.05) is 13.2 Å². The maximum absolute atomic E-state index is 12.4. The molecule has 6 nitrogen and oxygen atoms in total. The Balaban J connectivity index is 3.41. The van der Waals surface area contributed by atoms with E-state index in [-0.39, 0.29) is 18.5 Å².